The van der Waals surface area contributed by atoms with Gasteiger partial charge in [-0.05, 0) is 34.5 Å². The number of hydrogen-bond donors (Lipinski definition) is 1. The van der Waals surface area contributed by atoms with Crippen molar-refractivity contribution in [2.24, 2.45) is 7.05 Å². The van der Waals surface area contributed by atoms with E-state index < -0.39 is 0 Å². The number of halogens is 2. The van der Waals surface area contributed by atoms with Gasteiger partial charge in [-0.3, -0.25) is 4.68 Å². The van der Waals surface area contributed by atoms with Crippen LogP contribution in [-0.2, 0) is 20.0 Å². The molecule has 2 aromatic rings. The Labute approximate surface area is 120 Å². The van der Waals surface area contributed by atoms with Crippen molar-refractivity contribution in [1.29, 1.82) is 0 Å². The van der Waals surface area contributed by atoms with Gasteiger partial charge in [0.05, 0.1) is 23.0 Å². The fourth-order valence-electron chi connectivity index (χ4n) is 1.80. The van der Waals surface area contributed by atoms with Gasteiger partial charge in [-0.15, -0.1) is 0 Å². The summed E-state index contributed by atoms with van der Waals surface area (Å²) in [5.41, 5.74) is 3.00. The van der Waals surface area contributed by atoms with Crippen molar-refractivity contribution < 1.29 is 0 Å². The maximum Gasteiger partial charge on any atom is 0.0868 e. The van der Waals surface area contributed by atoms with E-state index in [9.17, 15) is 0 Å². The second kappa shape index (κ2) is 5.76. The topological polar surface area (TPSA) is 29.9 Å². The van der Waals surface area contributed by atoms with Crippen LogP contribution in [0.4, 0.5) is 5.69 Å². The second-order valence-electron chi connectivity index (χ2n) is 4.02. The lowest BCUT2D eigenvalue weighted by molar-refractivity contribution is 0.707. The van der Waals surface area contributed by atoms with Crippen molar-refractivity contribution in [1.82, 2.24) is 9.78 Å². The Morgan fingerprint density at radius 1 is 1.39 bits per heavy atom. The fraction of sp³-hybridized carbons (Fsp3) is 0.308. The first kappa shape index (κ1) is 13.4. The first-order chi connectivity index (χ1) is 8.63. The summed E-state index contributed by atoms with van der Waals surface area (Å²) in [7, 11) is 1.92. The van der Waals surface area contributed by atoms with E-state index in [1.807, 2.05) is 36.0 Å². The first-order valence-electron chi connectivity index (χ1n) is 5.82. The molecule has 0 radical (unpaired) electrons. The minimum Gasteiger partial charge on any atom is -0.378 e. The third-order valence-corrected chi connectivity index (χ3v) is 3.95. The van der Waals surface area contributed by atoms with Crippen molar-refractivity contribution in [2.75, 3.05) is 5.32 Å². The van der Waals surface area contributed by atoms with E-state index in [-0.39, 0.29) is 0 Å². The third-order valence-electron chi connectivity index (χ3n) is 2.82. The van der Waals surface area contributed by atoms with Gasteiger partial charge in [0, 0.05) is 17.2 Å². The van der Waals surface area contributed by atoms with Gasteiger partial charge in [0.2, 0.25) is 0 Å². The largest absolute Gasteiger partial charge is 0.378 e. The first-order valence-corrected chi connectivity index (χ1v) is 6.99. The lowest BCUT2D eigenvalue weighted by Crippen LogP contribution is -2.06. The zero-order valence-corrected chi connectivity index (χ0v) is 12.7. The molecule has 1 N–H and O–H groups in total. The standard InChI is InChI=1S/C13H15BrClN3/c1-3-10-13(15)12(18(2)17-10)8-16-11-7-5-4-6-9(11)14/h4-7,16H,3,8H2,1-2H3. The summed E-state index contributed by atoms with van der Waals surface area (Å²) >= 11 is 9.81. The van der Waals surface area contributed by atoms with Crippen LogP contribution >= 0.6 is 27.5 Å². The minimum absolute atomic E-state index is 0.658. The van der Waals surface area contributed by atoms with E-state index in [1.165, 1.54) is 0 Å². The normalized spacial score (nSPS) is 10.7. The van der Waals surface area contributed by atoms with Crippen LogP contribution in [0.3, 0.4) is 0 Å². The van der Waals surface area contributed by atoms with Crippen molar-refractivity contribution in [2.45, 2.75) is 19.9 Å². The number of nitrogens with one attached hydrogen (secondary N) is 1. The molecule has 96 valence electrons. The zero-order chi connectivity index (χ0) is 13.1. The molecule has 1 aromatic heterocycles. The van der Waals surface area contributed by atoms with Crippen molar-refractivity contribution in [3.8, 4) is 0 Å². The summed E-state index contributed by atoms with van der Waals surface area (Å²) in [6, 6.07) is 8.01. The molecule has 0 saturated carbocycles. The Balaban J connectivity index is 2.16. The molecule has 0 atom stereocenters. The van der Waals surface area contributed by atoms with Gasteiger partial charge >= 0.3 is 0 Å². The molecule has 0 spiro atoms. The number of rotatable bonds is 4. The Hall–Kier alpha value is -1.000. The molecule has 2 rings (SSSR count). The Kier molecular flexibility index (Phi) is 4.30. The van der Waals surface area contributed by atoms with Gasteiger partial charge in [-0.2, -0.15) is 5.10 Å². The highest BCUT2D eigenvalue weighted by Gasteiger charge is 2.12. The number of nitrogens with zero attached hydrogens (tertiary/aromatic N) is 2. The minimum atomic E-state index is 0.658. The van der Waals surface area contributed by atoms with Crippen molar-refractivity contribution in [3.63, 3.8) is 0 Å². The number of aromatic nitrogens is 2. The van der Waals surface area contributed by atoms with E-state index >= 15 is 0 Å². The average Bonchev–Trinajstić information content (AvgIpc) is 2.64. The SMILES string of the molecule is CCc1nn(C)c(CNc2ccccc2Br)c1Cl. The van der Waals surface area contributed by atoms with Crippen LogP contribution in [0.25, 0.3) is 0 Å². The third kappa shape index (κ3) is 2.70. The van der Waals surface area contributed by atoms with Gasteiger partial charge in [-0.1, -0.05) is 30.7 Å². The summed E-state index contributed by atoms with van der Waals surface area (Å²) in [6.45, 7) is 2.71. The number of aryl methyl sites for hydroxylation is 2. The predicted molar refractivity (Wildman–Crippen MR) is 79.1 cm³/mol. The van der Waals surface area contributed by atoms with Crippen LogP contribution in [0.1, 0.15) is 18.3 Å². The summed E-state index contributed by atoms with van der Waals surface area (Å²) in [5, 5.41) is 8.52. The highest BCUT2D eigenvalue weighted by atomic mass is 79.9. The molecule has 1 aromatic carbocycles. The molecule has 0 aliphatic carbocycles. The number of anilines is 1. The summed E-state index contributed by atoms with van der Waals surface area (Å²) in [6.07, 6.45) is 0.849. The monoisotopic (exact) mass is 327 g/mol. The quantitative estimate of drug-likeness (QED) is 0.919. The lowest BCUT2D eigenvalue weighted by Gasteiger charge is -2.08. The number of hydrogen-bond acceptors (Lipinski definition) is 2. The van der Waals surface area contributed by atoms with Crippen LogP contribution in [-0.4, -0.2) is 9.78 Å². The molecule has 0 bridgehead atoms. The molecule has 0 aliphatic heterocycles. The summed E-state index contributed by atoms with van der Waals surface area (Å²) < 4.78 is 2.88. The molecule has 0 aliphatic rings. The van der Waals surface area contributed by atoms with Gasteiger partial charge < -0.3 is 5.32 Å². The van der Waals surface area contributed by atoms with Crippen molar-refractivity contribution >= 4 is 33.2 Å². The molecule has 1 heterocycles. The van der Waals surface area contributed by atoms with Crippen LogP contribution in [0.5, 0.6) is 0 Å². The maximum atomic E-state index is 6.30. The van der Waals surface area contributed by atoms with Crippen LogP contribution in [0.2, 0.25) is 5.02 Å². The van der Waals surface area contributed by atoms with E-state index in [0.29, 0.717) is 6.54 Å². The summed E-state index contributed by atoms with van der Waals surface area (Å²) in [4.78, 5) is 0. The van der Waals surface area contributed by atoms with Crippen LogP contribution in [0.15, 0.2) is 28.7 Å². The van der Waals surface area contributed by atoms with E-state index in [1.54, 1.807) is 0 Å². The van der Waals surface area contributed by atoms with Gasteiger partial charge in [0.15, 0.2) is 0 Å². The molecule has 5 heteroatoms. The highest BCUT2D eigenvalue weighted by molar-refractivity contribution is 9.10. The predicted octanol–water partition coefficient (Wildman–Crippen LogP) is 4.01. The molecule has 3 nitrogen and oxygen atoms in total. The lowest BCUT2D eigenvalue weighted by atomic mass is 10.3. The number of para-hydroxylation sites is 1. The smallest absolute Gasteiger partial charge is 0.0868 e. The second-order valence-corrected chi connectivity index (χ2v) is 5.25. The molecule has 0 saturated heterocycles. The molecule has 0 unspecified atom stereocenters. The van der Waals surface area contributed by atoms with Gasteiger partial charge in [-0.25, -0.2) is 0 Å². The van der Waals surface area contributed by atoms with Crippen molar-refractivity contribution in [3.05, 3.63) is 45.1 Å². The molecular weight excluding hydrogens is 314 g/mol. The number of benzene rings is 1. The van der Waals surface area contributed by atoms with Crippen LogP contribution in [0, 0.1) is 0 Å². The Bertz CT molecular complexity index is 551. The van der Waals surface area contributed by atoms with E-state index in [0.717, 1.165) is 33.0 Å². The molecule has 0 fully saturated rings. The zero-order valence-electron chi connectivity index (χ0n) is 10.4. The fourth-order valence-corrected chi connectivity index (χ4v) is 2.58. The molecular formula is C13H15BrClN3. The molecule has 18 heavy (non-hydrogen) atoms. The Morgan fingerprint density at radius 3 is 2.72 bits per heavy atom. The average molecular weight is 329 g/mol. The van der Waals surface area contributed by atoms with Gasteiger partial charge in [0.1, 0.15) is 0 Å². The van der Waals surface area contributed by atoms with E-state index in [4.69, 9.17) is 11.6 Å². The molecule has 0 amide bonds. The summed E-state index contributed by atoms with van der Waals surface area (Å²) in [5.74, 6) is 0. The van der Waals surface area contributed by atoms with Gasteiger partial charge in [0.25, 0.3) is 0 Å². The van der Waals surface area contributed by atoms with E-state index in [2.05, 4.69) is 33.3 Å². The maximum absolute atomic E-state index is 6.30. The van der Waals surface area contributed by atoms with Crippen LogP contribution < -0.4 is 5.32 Å². The highest BCUT2D eigenvalue weighted by Crippen LogP contribution is 2.25. The Morgan fingerprint density at radius 2 is 2.11 bits per heavy atom.